The second kappa shape index (κ2) is 10.5. The molecule has 7 nitrogen and oxygen atoms in total. The van der Waals surface area contributed by atoms with Crippen LogP contribution in [-0.4, -0.2) is 59.6 Å². The van der Waals surface area contributed by atoms with E-state index < -0.39 is 10.0 Å². The summed E-state index contributed by atoms with van der Waals surface area (Å²) in [5.74, 6) is -0.259. The van der Waals surface area contributed by atoms with E-state index in [1.54, 1.807) is 6.92 Å². The standard InChI is InChI=1S/C21H29N3O4S/c1-16(15-28-4)23-29(26,27)19-12-10-18(11-13-19)21(25)22-20(14-24(2)3)17-8-6-5-7-9-17/h5-13,16,20,23H,14-15H2,1-4H3,(H,22,25)/t16-,20+/m0/s1. The van der Waals surface area contributed by atoms with Gasteiger partial charge in [0.2, 0.25) is 10.0 Å². The Bertz CT molecular complexity index is 884. The maximum atomic E-state index is 12.7. The van der Waals surface area contributed by atoms with Crippen molar-refractivity contribution in [1.29, 1.82) is 0 Å². The molecule has 0 aliphatic rings. The Morgan fingerprint density at radius 3 is 2.24 bits per heavy atom. The summed E-state index contributed by atoms with van der Waals surface area (Å²) in [6.45, 7) is 2.63. The molecule has 2 atom stereocenters. The molecule has 2 aromatic carbocycles. The van der Waals surface area contributed by atoms with Gasteiger partial charge in [0.25, 0.3) is 5.91 Å². The van der Waals surface area contributed by atoms with Gasteiger partial charge in [-0.05, 0) is 50.8 Å². The van der Waals surface area contributed by atoms with Gasteiger partial charge in [-0.2, -0.15) is 0 Å². The monoisotopic (exact) mass is 419 g/mol. The third kappa shape index (κ3) is 6.93. The minimum Gasteiger partial charge on any atom is -0.383 e. The Balaban J connectivity index is 2.12. The number of methoxy groups -OCH3 is 1. The summed E-state index contributed by atoms with van der Waals surface area (Å²) < 4.78 is 32.3. The second-order valence-corrected chi connectivity index (χ2v) is 8.92. The predicted molar refractivity (Wildman–Crippen MR) is 113 cm³/mol. The fraction of sp³-hybridized carbons (Fsp3) is 0.381. The summed E-state index contributed by atoms with van der Waals surface area (Å²) >= 11 is 0. The number of hydrogen-bond acceptors (Lipinski definition) is 5. The first kappa shape index (κ1) is 23.0. The van der Waals surface area contributed by atoms with E-state index >= 15 is 0 Å². The highest BCUT2D eigenvalue weighted by molar-refractivity contribution is 7.89. The van der Waals surface area contributed by atoms with Crippen molar-refractivity contribution in [2.24, 2.45) is 0 Å². The minimum atomic E-state index is -3.67. The number of nitrogens with one attached hydrogen (secondary N) is 2. The minimum absolute atomic E-state index is 0.102. The molecule has 29 heavy (non-hydrogen) atoms. The van der Waals surface area contributed by atoms with E-state index in [1.807, 2.05) is 49.3 Å². The normalized spacial score (nSPS) is 13.8. The molecule has 0 aromatic heterocycles. The molecule has 2 N–H and O–H groups in total. The Morgan fingerprint density at radius 2 is 1.69 bits per heavy atom. The lowest BCUT2D eigenvalue weighted by Gasteiger charge is -2.23. The zero-order valence-corrected chi connectivity index (χ0v) is 18.1. The van der Waals surface area contributed by atoms with Crippen molar-refractivity contribution in [1.82, 2.24) is 14.9 Å². The highest BCUT2D eigenvalue weighted by Gasteiger charge is 2.19. The fourth-order valence-corrected chi connectivity index (χ4v) is 4.16. The maximum absolute atomic E-state index is 12.7. The number of likely N-dealkylation sites (N-methyl/N-ethyl adjacent to an activating group) is 1. The average Bonchev–Trinajstić information content (AvgIpc) is 2.67. The van der Waals surface area contributed by atoms with Gasteiger partial charge in [-0.25, -0.2) is 13.1 Å². The maximum Gasteiger partial charge on any atom is 0.251 e. The first-order chi connectivity index (χ1) is 13.7. The molecular weight excluding hydrogens is 390 g/mol. The Morgan fingerprint density at radius 1 is 1.07 bits per heavy atom. The van der Waals surface area contributed by atoms with E-state index in [0.717, 1.165) is 5.56 Å². The number of hydrogen-bond donors (Lipinski definition) is 2. The smallest absolute Gasteiger partial charge is 0.251 e. The quantitative estimate of drug-likeness (QED) is 0.615. The first-order valence-electron chi connectivity index (χ1n) is 9.35. The summed E-state index contributed by atoms with van der Waals surface area (Å²) in [6.07, 6.45) is 0. The van der Waals surface area contributed by atoms with E-state index in [0.29, 0.717) is 12.1 Å². The van der Waals surface area contributed by atoms with E-state index in [2.05, 4.69) is 10.0 Å². The first-order valence-corrected chi connectivity index (χ1v) is 10.8. The van der Waals surface area contributed by atoms with Crippen LogP contribution in [0.3, 0.4) is 0 Å². The Kier molecular flexibility index (Phi) is 8.33. The van der Waals surface area contributed by atoms with Crippen molar-refractivity contribution < 1.29 is 17.9 Å². The topological polar surface area (TPSA) is 87.7 Å². The van der Waals surface area contributed by atoms with Gasteiger partial charge in [0.15, 0.2) is 0 Å². The number of carbonyl (C=O) groups excluding carboxylic acids is 1. The molecule has 0 saturated carbocycles. The summed E-state index contributed by atoms with van der Waals surface area (Å²) in [5.41, 5.74) is 1.40. The third-order valence-corrected chi connectivity index (χ3v) is 5.86. The summed E-state index contributed by atoms with van der Waals surface area (Å²) in [7, 11) is 1.72. The van der Waals surface area contributed by atoms with Crippen molar-refractivity contribution in [3.05, 3.63) is 65.7 Å². The highest BCUT2D eigenvalue weighted by atomic mass is 32.2. The van der Waals surface area contributed by atoms with Crippen LogP contribution in [0.2, 0.25) is 0 Å². The van der Waals surface area contributed by atoms with Crippen LogP contribution >= 0.6 is 0 Å². The molecule has 0 aliphatic heterocycles. The molecular formula is C21H29N3O4S. The number of carbonyl (C=O) groups is 1. The van der Waals surface area contributed by atoms with Gasteiger partial charge in [-0.3, -0.25) is 4.79 Å². The van der Waals surface area contributed by atoms with Gasteiger partial charge in [-0.1, -0.05) is 30.3 Å². The Hall–Kier alpha value is -2.26. The van der Waals surface area contributed by atoms with Crippen molar-refractivity contribution in [3.8, 4) is 0 Å². The number of amides is 1. The zero-order chi connectivity index (χ0) is 21.4. The molecule has 2 rings (SSSR count). The van der Waals surface area contributed by atoms with Crippen molar-refractivity contribution in [2.45, 2.75) is 23.9 Å². The molecule has 0 aliphatic carbocycles. The van der Waals surface area contributed by atoms with E-state index in [4.69, 9.17) is 4.74 Å². The van der Waals surface area contributed by atoms with Crippen LogP contribution in [0.15, 0.2) is 59.5 Å². The van der Waals surface area contributed by atoms with Gasteiger partial charge in [-0.15, -0.1) is 0 Å². The van der Waals surface area contributed by atoms with Gasteiger partial charge in [0.05, 0.1) is 17.5 Å². The van der Waals surface area contributed by atoms with Gasteiger partial charge in [0, 0.05) is 25.3 Å². The lowest BCUT2D eigenvalue weighted by atomic mass is 10.1. The van der Waals surface area contributed by atoms with Gasteiger partial charge >= 0.3 is 0 Å². The van der Waals surface area contributed by atoms with Crippen LogP contribution < -0.4 is 10.0 Å². The van der Waals surface area contributed by atoms with Gasteiger partial charge < -0.3 is 15.0 Å². The summed E-state index contributed by atoms with van der Waals surface area (Å²) in [4.78, 5) is 14.8. The van der Waals surface area contributed by atoms with Crippen molar-refractivity contribution >= 4 is 15.9 Å². The number of rotatable bonds is 10. The molecule has 0 heterocycles. The SMILES string of the molecule is COC[C@H](C)NS(=O)(=O)c1ccc(C(=O)N[C@H](CN(C)C)c2ccccc2)cc1. The molecule has 0 fully saturated rings. The van der Waals surface area contributed by atoms with Crippen LogP contribution in [0.4, 0.5) is 0 Å². The van der Waals surface area contributed by atoms with Crippen molar-refractivity contribution in [2.75, 3.05) is 34.4 Å². The Labute approximate surface area is 173 Å². The van der Waals surface area contributed by atoms with E-state index in [-0.39, 0.29) is 29.5 Å². The number of ether oxygens (including phenoxy) is 1. The van der Waals surface area contributed by atoms with Crippen LogP contribution in [0.5, 0.6) is 0 Å². The summed E-state index contributed by atoms with van der Waals surface area (Å²) in [5, 5.41) is 3.03. The summed E-state index contributed by atoms with van der Waals surface area (Å²) in [6, 6.07) is 15.1. The predicted octanol–water partition coefficient (Wildman–Crippen LogP) is 2.03. The lowest BCUT2D eigenvalue weighted by molar-refractivity contribution is 0.0930. The molecule has 158 valence electrons. The molecule has 0 radical (unpaired) electrons. The molecule has 2 aromatic rings. The third-order valence-electron chi connectivity index (χ3n) is 4.25. The van der Waals surface area contributed by atoms with E-state index in [9.17, 15) is 13.2 Å². The van der Waals surface area contributed by atoms with Crippen molar-refractivity contribution in [3.63, 3.8) is 0 Å². The zero-order valence-electron chi connectivity index (χ0n) is 17.3. The largest absolute Gasteiger partial charge is 0.383 e. The molecule has 1 amide bonds. The second-order valence-electron chi connectivity index (χ2n) is 7.20. The van der Waals surface area contributed by atoms with Crippen LogP contribution in [-0.2, 0) is 14.8 Å². The molecule has 8 heteroatoms. The molecule has 0 bridgehead atoms. The van der Waals surface area contributed by atoms with Gasteiger partial charge in [0.1, 0.15) is 0 Å². The number of nitrogens with zero attached hydrogens (tertiary/aromatic N) is 1. The van der Waals surface area contributed by atoms with Crippen LogP contribution in [0.25, 0.3) is 0 Å². The molecule has 0 unspecified atom stereocenters. The van der Waals surface area contributed by atoms with Crippen LogP contribution in [0.1, 0.15) is 28.9 Å². The fourth-order valence-electron chi connectivity index (χ4n) is 2.93. The molecule has 0 saturated heterocycles. The van der Waals surface area contributed by atoms with Crippen LogP contribution in [0, 0.1) is 0 Å². The molecule has 0 spiro atoms. The van der Waals surface area contributed by atoms with E-state index in [1.165, 1.54) is 31.4 Å². The highest BCUT2D eigenvalue weighted by Crippen LogP contribution is 2.16. The average molecular weight is 420 g/mol. The number of benzene rings is 2. The lowest BCUT2D eigenvalue weighted by Crippen LogP contribution is -2.36. The number of sulfonamides is 1.